The first-order valence-electron chi connectivity index (χ1n) is 6.65. The first-order valence-corrected chi connectivity index (χ1v) is 6.65. The Labute approximate surface area is 91.3 Å². The van der Waals surface area contributed by atoms with Crippen LogP contribution in [0.2, 0.25) is 0 Å². The maximum absolute atomic E-state index is 6.30. The van der Waals surface area contributed by atoms with Gasteiger partial charge < -0.3 is 9.47 Å². The summed E-state index contributed by atoms with van der Waals surface area (Å²) in [5.41, 5.74) is 0.336. The van der Waals surface area contributed by atoms with Crippen LogP contribution in [0.5, 0.6) is 0 Å². The lowest BCUT2D eigenvalue weighted by Crippen LogP contribution is -2.67. The lowest BCUT2D eigenvalue weighted by molar-refractivity contribution is -0.252. The zero-order chi connectivity index (χ0) is 9.93. The van der Waals surface area contributed by atoms with Crippen LogP contribution < -0.4 is 0 Å². The van der Waals surface area contributed by atoms with E-state index in [1.165, 1.54) is 44.9 Å². The van der Waals surface area contributed by atoms with E-state index in [2.05, 4.69) is 0 Å². The third-order valence-corrected chi connectivity index (χ3v) is 5.50. The van der Waals surface area contributed by atoms with Crippen LogP contribution in [-0.2, 0) is 9.47 Å². The van der Waals surface area contributed by atoms with Gasteiger partial charge in [-0.15, -0.1) is 0 Å². The molecule has 2 spiro atoms. The van der Waals surface area contributed by atoms with E-state index in [4.69, 9.17) is 9.47 Å². The summed E-state index contributed by atoms with van der Waals surface area (Å²) < 4.78 is 12.5. The summed E-state index contributed by atoms with van der Waals surface area (Å²) in [6.07, 6.45) is 9.27. The molecule has 2 aliphatic carbocycles. The van der Waals surface area contributed by atoms with Gasteiger partial charge in [-0.1, -0.05) is 12.8 Å². The molecule has 0 amide bonds. The maximum Gasteiger partial charge on any atom is 0.105 e. The second-order valence-electron chi connectivity index (χ2n) is 5.93. The second-order valence-corrected chi connectivity index (χ2v) is 5.93. The molecule has 4 aliphatic rings. The highest BCUT2D eigenvalue weighted by Gasteiger charge is 2.72. The van der Waals surface area contributed by atoms with Crippen LogP contribution in [0.4, 0.5) is 0 Å². The van der Waals surface area contributed by atoms with Crippen molar-refractivity contribution in [3.05, 3.63) is 0 Å². The quantitative estimate of drug-likeness (QED) is 0.609. The molecule has 4 rings (SSSR count). The van der Waals surface area contributed by atoms with Crippen LogP contribution in [0, 0.1) is 11.8 Å². The molecule has 0 radical (unpaired) electrons. The molecule has 2 saturated carbocycles. The van der Waals surface area contributed by atoms with Crippen molar-refractivity contribution in [2.45, 2.75) is 56.1 Å². The van der Waals surface area contributed by atoms with Crippen LogP contribution in [0.15, 0.2) is 0 Å². The van der Waals surface area contributed by atoms with Crippen LogP contribution in [0.25, 0.3) is 0 Å². The molecule has 0 bridgehead atoms. The van der Waals surface area contributed by atoms with E-state index in [0.717, 1.165) is 25.0 Å². The lowest BCUT2D eigenvalue weighted by Gasteiger charge is -2.59. The lowest BCUT2D eigenvalue weighted by atomic mass is 9.53. The Hall–Kier alpha value is -0.0800. The predicted octanol–water partition coefficient (Wildman–Crippen LogP) is 2.51. The molecule has 0 N–H and O–H groups in total. The van der Waals surface area contributed by atoms with E-state index in [1.807, 2.05) is 0 Å². The van der Waals surface area contributed by atoms with Crippen molar-refractivity contribution in [2.75, 3.05) is 13.2 Å². The minimum atomic E-state index is 0.154. The molecule has 2 nitrogen and oxygen atoms in total. The van der Waals surface area contributed by atoms with Crippen molar-refractivity contribution in [2.24, 2.45) is 11.8 Å². The highest BCUT2D eigenvalue weighted by atomic mass is 16.6. The normalized spacial score (nSPS) is 51.2. The highest BCUT2D eigenvalue weighted by molar-refractivity contribution is 5.21. The van der Waals surface area contributed by atoms with Crippen molar-refractivity contribution in [1.82, 2.24) is 0 Å². The fourth-order valence-electron chi connectivity index (χ4n) is 4.93. The van der Waals surface area contributed by atoms with Crippen molar-refractivity contribution in [3.8, 4) is 0 Å². The number of hydrogen-bond donors (Lipinski definition) is 0. The van der Waals surface area contributed by atoms with Crippen molar-refractivity contribution in [3.63, 3.8) is 0 Å². The fraction of sp³-hybridized carbons (Fsp3) is 1.00. The monoisotopic (exact) mass is 208 g/mol. The molecule has 3 atom stereocenters. The van der Waals surface area contributed by atoms with Crippen molar-refractivity contribution in [1.29, 1.82) is 0 Å². The average Bonchev–Trinajstić information content (AvgIpc) is 2.75. The molecule has 0 aromatic carbocycles. The molecule has 84 valence electrons. The molecule has 2 heterocycles. The second kappa shape index (κ2) is 2.78. The van der Waals surface area contributed by atoms with Gasteiger partial charge in [0.05, 0.1) is 12.2 Å². The predicted molar refractivity (Wildman–Crippen MR) is 56.7 cm³/mol. The van der Waals surface area contributed by atoms with E-state index in [-0.39, 0.29) is 11.2 Å². The number of hydrogen-bond acceptors (Lipinski definition) is 2. The zero-order valence-electron chi connectivity index (χ0n) is 9.34. The zero-order valence-corrected chi connectivity index (χ0v) is 9.34. The fourth-order valence-corrected chi connectivity index (χ4v) is 4.93. The summed E-state index contributed by atoms with van der Waals surface area (Å²) in [6.45, 7) is 1.97. The van der Waals surface area contributed by atoms with Crippen molar-refractivity contribution < 1.29 is 9.47 Å². The Kier molecular flexibility index (Phi) is 1.67. The van der Waals surface area contributed by atoms with E-state index in [0.29, 0.717) is 0 Å². The van der Waals surface area contributed by atoms with Gasteiger partial charge in [0.1, 0.15) is 5.60 Å². The Bertz CT molecular complexity index is 282. The molecular formula is C13H20O2. The molecule has 2 aliphatic heterocycles. The van der Waals surface area contributed by atoms with Gasteiger partial charge in [0.2, 0.25) is 0 Å². The highest BCUT2D eigenvalue weighted by Crippen LogP contribution is 2.65. The summed E-state index contributed by atoms with van der Waals surface area (Å²) in [5.74, 6) is 1.57. The molecule has 4 fully saturated rings. The molecule has 0 aromatic rings. The Balaban J connectivity index is 1.75. The molecule has 15 heavy (non-hydrogen) atoms. The molecule has 2 heteroatoms. The standard InChI is InChI=1S/C13H20O2/c1-2-6-12(5-1)13-10(4-3-7-14-13)8-11(13)9-15-12/h10-11H,1-9H2/t10-,11+,13-/m0/s1. The van der Waals surface area contributed by atoms with Gasteiger partial charge in [0.25, 0.3) is 0 Å². The first-order chi connectivity index (χ1) is 7.37. The smallest absolute Gasteiger partial charge is 0.105 e. The minimum absolute atomic E-state index is 0.154. The maximum atomic E-state index is 6.30. The van der Waals surface area contributed by atoms with E-state index < -0.39 is 0 Å². The minimum Gasteiger partial charge on any atom is -0.372 e. The molecular weight excluding hydrogens is 188 g/mol. The van der Waals surface area contributed by atoms with Gasteiger partial charge in [0, 0.05) is 12.5 Å². The van der Waals surface area contributed by atoms with Crippen LogP contribution in [-0.4, -0.2) is 24.4 Å². The number of ether oxygens (including phenoxy) is 2. The van der Waals surface area contributed by atoms with Crippen LogP contribution in [0.1, 0.15) is 44.9 Å². The van der Waals surface area contributed by atoms with Crippen molar-refractivity contribution >= 4 is 0 Å². The van der Waals surface area contributed by atoms with Crippen LogP contribution in [0.3, 0.4) is 0 Å². The Morgan fingerprint density at radius 1 is 0.933 bits per heavy atom. The van der Waals surface area contributed by atoms with Gasteiger partial charge in [-0.3, -0.25) is 0 Å². The summed E-state index contributed by atoms with van der Waals surface area (Å²) in [6, 6.07) is 0. The SMILES string of the molecule is C1CO[C@@]23[C@@H](C1)C[C@@H]2COC31CCCC1. The molecule has 0 unspecified atom stereocenters. The summed E-state index contributed by atoms with van der Waals surface area (Å²) in [7, 11) is 0. The van der Waals surface area contributed by atoms with Crippen LogP contribution >= 0.6 is 0 Å². The van der Waals surface area contributed by atoms with Gasteiger partial charge in [0.15, 0.2) is 0 Å². The van der Waals surface area contributed by atoms with E-state index in [9.17, 15) is 0 Å². The topological polar surface area (TPSA) is 18.5 Å². The number of rotatable bonds is 0. The third kappa shape index (κ3) is 0.861. The Morgan fingerprint density at radius 3 is 2.60 bits per heavy atom. The van der Waals surface area contributed by atoms with Gasteiger partial charge >= 0.3 is 0 Å². The van der Waals surface area contributed by atoms with Gasteiger partial charge in [-0.25, -0.2) is 0 Å². The third-order valence-electron chi connectivity index (χ3n) is 5.50. The van der Waals surface area contributed by atoms with Gasteiger partial charge in [-0.2, -0.15) is 0 Å². The summed E-state index contributed by atoms with van der Waals surface area (Å²) in [5, 5.41) is 0. The average molecular weight is 208 g/mol. The molecule has 2 saturated heterocycles. The molecule has 0 aromatic heterocycles. The summed E-state index contributed by atoms with van der Waals surface area (Å²) >= 11 is 0. The summed E-state index contributed by atoms with van der Waals surface area (Å²) in [4.78, 5) is 0. The van der Waals surface area contributed by atoms with Gasteiger partial charge in [-0.05, 0) is 38.0 Å². The van der Waals surface area contributed by atoms with E-state index >= 15 is 0 Å². The van der Waals surface area contributed by atoms with E-state index in [1.54, 1.807) is 0 Å². The largest absolute Gasteiger partial charge is 0.372 e. The Morgan fingerprint density at radius 2 is 1.80 bits per heavy atom. The first kappa shape index (κ1) is 9.00.